The van der Waals surface area contributed by atoms with Crippen molar-refractivity contribution in [3.05, 3.63) is 235 Å². The topological polar surface area (TPSA) is 56.0 Å². The Morgan fingerprint density at radius 2 is 0.790 bits per heavy atom. The van der Waals surface area contributed by atoms with Crippen LogP contribution in [0.4, 0.5) is 0 Å². The molecule has 0 fully saturated rings. The number of nitrogens with zero attached hydrogens (tertiary/aromatic N) is 5. The van der Waals surface area contributed by atoms with Crippen molar-refractivity contribution in [1.29, 1.82) is 0 Å². The van der Waals surface area contributed by atoms with Gasteiger partial charge in [0.15, 0.2) is 17.5 Å². The molecule has 13 rings (SSSR count). The van der Waals surface area contributed by atoms with Crippen LogP contribution in [0.1, 0.15) is 22.3 Å². The van der Waals surface area contributed by atoms with Crippen LogP contribution in [0.3, 0.4) is 0 Å². The second-order valence-electron chi connectivity index (χ2n) is 16.2. The van der Waals surface area contributed by atoms with E-state index in [1.54, 1.807) is 0 Å². The van der Waals surface area contributed by atoms with Gasteiger partial charge in [0.05, 0.1) is 22.3 Å². The second-order valence-corrected chi connectivity index (χ2v) is 16.2. The number of fused-ring (bicyclic) bond motifs is 13. The Balaban J connectivity index is 0.988. The minimum Gasteiger partial charge on any atom is -0.292 e. The molecule has 0 amide bonds. The molecule has 0 atom stereocenters. The maximum Gasteiger partial charge on any atom is 0.164 e. The molecule has 62 heavy (non-hydrogen) atoms. The first-order chi connectivity index (χ1) is 30.7. The van der Waals surface area contributed by atoms with Crippen molar-refractivity contribution in [3.8, 4) is 78.9 Å². The Morgan fingerprint density at radius 1 is 0.323 bits per heavy atom. The van der Waals surface area contributed by atoms with Gasteiger partial charge >= 0.3 is 0 Å². The van der Waals surface area contributed by atoms with E-state index in [1.165, 1.54) is 44.5 Å². The average molecular weight is 790 g/mol. The SMILES string of the molecule is c1ccc(-c2nc(-c3ccc(-c4c(-c5ccccc5)nc5ccc6ccccc6n45)cc3)nc(-c3ccc4c(c3)C3(c5ccccc5-c5ccccc53)c3ccccc3-4)n2)cc1. The molecule has 0 bridgehead atoms. The van der Waals surface area contributed by atoms with E-state index >= 15 is 0 Å². The van der Waals surface area contributed by atoms with Gasteiger partial charge in [-0.05, 0) is 74.2 Å². The van der Waals surface area contributed by atoms with E-state index in [0.717, 1.165) is 55.8 Å². The summed E-state index contributed by atoms with van der Waals surface area (Å²) in [5, 5.41) is 1.16. The molecule has 288 valence electrons. The van der Waals surface area contributed by atoms with Crippen LogP contribution in [0.2, 0.25) is 0 Å². The van der Waals surface area contributed by atoms with E-state index in [0.29, 0.717) is 17.5 Å². The van der Waals surface area contributed by atoms with Crippen molar-refractivity contribution in [2.75, 3.05) is 0 Å². The second kappa shape index (κ2) is 13.4. The molecule has 0 saturated heterocycles. The van der Waals surface area contributed by atoms with Crippen molar-refractivity contribution in [1.82, 2.24) is 24.3 Å². The first kappa shape index (κ1) is 34.6. The smallest absolute Gasteiger partial charge is 0.164 e. The zero-order valence-corrected chi connectivity index (χ0v) is 33.4. The van der Waals surface area contributed by atoms with Gasteiger partial charge in [0.2, 0.25) is 0 Å². The summed E-state index contributed by atoms with van der Waals surface area (Å²) in [6.07, 6.45) is 0. The highest BCUT2D eigenvalue weighted by molar-refractivity contribution is 5.96. The summed E-state index contributed by atoms with van der Waals surface area (Å²) < 4.78 is 2.28. The van der Waals surface area contributed by atoms with Crippen LogP contribution in [0.25, 0.3) is 95.5 Å². The fraction of sp³-hybridized carbons (Fsp3) is 0.0175. The van der Waals surface area contributed by atoms with Crippen molar-refractivity contribution >= 4 is 16.6 Å². The lowest BCUT2D eigenvalue weighted by Gasteiger charge is -2.30. The van der Waals surface area contributed by atoms with Gasteiger partial charge in [-0.3, -0.25) is 4.40 Å². The molecule has 1 spiro atoms. The number of imidazole rings is 1. The van der Waals surface area contributed by atoms with Crippen LogP contribution >= 0.6 is 0 Å². The number of rotatable bonds is 5. The Labute approximate surface area is 358 Å². The summed E-state index contributed by atoms with van der Waals surface area (Å²) in [7, 11) is 0. The van der Waals surface area contributed by atoms with Gasteiger partial charge in [-0.25, -0.2) is 19.9 Å². The van der Waals surface area contributed by atoms with E-state index in [1.807, 2.05) is 24.3 Å². The van der Waals surface area contributed by atoms with Crippen LogP contribution in [0.5, 0.6) is 0 Å². The van der Waals surface area contributed by atoms with Gasteiger partial charge in [0.25, 0.3) is 0 Å². The van der Waals surface area contributed by atoms with Gasteiger partial charge in [0.1, 0.15) is 5.65 Å². The molecule has 3 heterocycles. The molecule has 0 unspecified atom stereocenters. The maximum absolute atomic E-state index is 5.29. The molecule has 0 aliphatic heterocycles. The average Bonchev–Trinajstić information content (AvgIpc) is 3.99. The molecular formula is C57H35N5. The fourth-order valence-corrected chi connectivity index (χ4v) is 10.2. The first-order valence-electron chi connectivity index (χ1n) is 21.1. The van der Waals surface area contributed by atoms with Crippen LogP contribution in [0.15, 0.2) is 212 Å². The van der Waals surface area contributed by atoms with Crippen LogP contribution < -0.4 is 0 Å². The van der Waals surface area contributed by atoms with E-state index in [2.05, 4.69) is 192 Å². The van der Waals surface area contributed by atoms with Crippen LogP contribution in [0, 0.1) is 0 Å². The minimum absolute atomic E-state index is 0.467. The predicted molar refractivity (Wildman–Crippen MR) is 250 cm³/mol. The number of para-hydroxylation sites is 1. The number of hydrogen-bond acceptors (Lipinski definition) is 4. The molecule has 0 saturated carbocycles. The van der Waals surface area contributed by atoms with Gasteiger partial charge in [0, 0.05) is 27.8 Å². The zero-order valence-electron chi connectivity index (χ0n) is 33.4. The summed E-state index contributed by atoms with van der Waals surface area (Å²) >= 11 is 0. The van der Waals surface area contributed by atoms with E-state index in [4.69, 9.17) is 19.9 Å². The largest absolute Gasteiger partial charge is 0.292 e. The van der Waals surface area contributed by atoms with Crippen molar-refractivity contribution < 1.29 is 0 Å². The summed E-state index contributed by atoms with van der Waals surface area (Å²) in [6.45, 7) is 0. The third-order valence-corrected chi connectivity index (χ3v) is 12.9. The number of hydrogen-bond donors (Lipinski definition) is 0. The molecule has 0 radical (unpaired) electrons. The number of aromatic nitrogens is 5. The van der Waals surface area contributed by atoms with Crippen LogP contribution in [-0.2, 0) is 5.41 Å². The van der Waals surface area contributed by atoms with Gasteiger partial charge < -0.3 is 0 Å². The molecule has 5 heteroatoms. The molecule has 11 aromatic rings. The van der Waals surface area contributed by atoms with Crippen molar-refractivity contribution in [2.45, 2.75) is 5.41 Å². The Hall–Kier alpha value is -8.28. The van der Waals surface area contributed by atoms with Gasteiger partial charge in [-0.1, -0.05) is 188 Å². The van der Waals surface area contributed by atoms with Gasteiger partial charge in [-0.2, -0.15) is 0 Å². The summed E-state index contributed by atoms with van der Waals surface area (Å²) in [4.78, 5) is 20.8. The lowest BCUT2D eigenvalue weighted by Crippen LogP contribution is -2.25. The zero-order chi connectivity index (χ0) is 40.8. The van der Waals surface area contributed by atoms with E-state index in [9.17, 15) is 0 Å². The number of pyridine rings is 1. The summed E-state index contributed by atoms with van der Waals surface area (Å²) in [6, 6.07) is 75.5. The highest BCUT2D eigenvalue weighted by Crippen LogP contribution is 2.63. The molecule has 3 aromatic heterocycles. The lowest BCUT2D eigenvalue weighted by atomic mass is 9.70. The number of benzene rings is 8. The maximum atomic E-state index is 5.29. The monoisotopic (exact) mass is 789 g/mol. The highest BCUT2D eigenvalue weighted by atomic mass is 15.0. The Morgan fingerprint density at radius 3 is 1.42 bits per heavy atom. The van der Waals surface area contributed by atoms with E-state index in [-0.39, 0.29) is 0 Å². The van der Waals surface area contributed by atoms with Gasteiger partial charge in [-0.15, -0.1) is 0 Å². The normalized spacial score (nSPS) is 13.0. The predicted octanol–water partition coefficient (Wildman–Crippen LogP) is 13.4. The molecule has 0 N–H and O–H groups in total. The third-order valence-electron chi connectivity index (χ3n) is 12.9. The first-order valence-corrected chi connectivity index (χ1v) is 21.1. The molecule has 8 aromatic carbocycles. The van der Waals surface area contributed by atoms with Crippen LogP contribution in [-0.4, -0.2) is 24.3 Å². The lowest BCUT2D eigenvalue weighted by molar-refractivity contribution is 0.794. The van der Waals surface area contributed by atoms with Crippen molar-refractivity contribution in [3.63, 3.8) is 0 Å². The Bertz CT molecular complexity index is 3510. The summed E-state index contributed by atoms with van der Waals surface area (Å²) in [5.74, 6) is 1.87. The van der Waals surface area contributed by atoms with E-state index < -0.39 is 5.41 Å². The quantitative estimate of drug-likeness (QED) is 0.174. The summed E-state index contributed by atoms with van der Waals surface area (Å²) in [5.41, 5.74) is 18.6. The minimum atomic E-state index is -0.467. The third kappa shape index (κ3) is 4.96. The van der Waals surface area contributed by atoms with Crippen molar-refractivity contribution in [2.24, 2.45) is 0 Å². The molecular weight excluding hydrogens is 755 g/mol. The standard InChI is InChI=1S/C57H35N5/c1-3-16-37(17-4-1)52-53(62-50-26-14-7-15-36(50)32-34-51(62)58-52)38-27-29-40(30-28-38)55-59-54(39-18-5-2-6-19-39)60-56(61-55)41-31-33-45-44-22-10-13-25-48(44)57(49(45)35-41)46-23-11-8-20-42(46)43-21-9-12-24-47(43)57/h1-35H. The fourth-order valence-electron chi connectivity index (χ4n) is 10.2. The molecule has 2 aliphatic carbocycles. The Kier molecular flexibility index (Phi) is 7.45. The molecule has 5 nitrogen and oxygen atoms in total. The molecule has 2 aliphatic rings. The highest BCUT2D eigenvalue weighted by Gasteiger charge is 2.51.